The van der Waals surface area contributed by atoms with E-state index in [-0.39, 0.29) is 17.6 Å². The molecule has 0 bridgehead atoms. The highest BCUT2D eigenvalue weighted by Gasteiger charge is 2.10. The Morgan fingerprint density at radius 1 is 1.38 bits per heavy atom. The van der Waals surface area contributed by atoms with Gasteiger partial charge in [0.05, 0.1) is 10.7 Å². The molecule has 1 aromatic heterocycles. The summed E-state index contributed by atoms with van der Waals surface area (Å²) in [5, 5.41) is 6.29. The number of aromatic nitrogens is 1. The number of rotatable bonds is 7. The average Bonchev–Trinajstić information content (AvgIpc) is 2.94. The average molecular weight is 308 g/mol. The first-order chi connectivity index (χ1) is 10.1. The Hall–Kier alpha value is -1.46. The van der Waals surface area contributed by atoms with Gasteiger partial charge < -0.3 is 10.1 Å². The summed E-state index contributed by atoms with van der Waals surface area (Å²) in [6.07, 6.45) is 0.913. The molecule has 0 aliphatic carbocycles. The zero-order chi connectivity index (χ0) is 15.2. The van der Waals surface area contributed by atoms with E-state index in [4.69, 9.17) is 4.74 Å². The summed E-state index contributed by atoms with van der Waals surface area (Å²) in [5.74, 6) is -0.0586. The third kappa shape index (κ3) is 4.25. The summed E-state index contributed by atoms with van der Waals surface area (Å²) in [7, 11) is 0. The topological polar surface area (TPSA) is 34.1 Å². The Balaban J connectivity index is 2.00. The molecule has 3 nitrogen and oxygen atoms in total. The lowest BCUT2D eigenvalue weighted by Crippen LogP contribution is -2.17. The van der Waals surface area contributed by atoms with Crippen LogP contribution in [-0.2, 0) is 13.0 Å². The van der Waals surface area contributed by atoms with Crippen LogP contribution in [0.5, 0.6) is 5.75 Å². The molecule has 21 heavy (non-hydrogen) atoms. The molecule has 0 spiro atoms. The van der Waals surface area contributed by atoms with E-state index in [0.29, 0.717) is 6.61 Å². The van der Waals surface area contributed by atoms with Crippen LogP contribution in [0.2, 0.25) is 0 Å². The van der Waals surface area contributed by atoms with Crippen LogP contribution >= 0.6 is 11.3 Å². The molecule has 0 radical (unpaired) electrons. The first kappa shape index (κ1) is 15.9. The normalized spacial score (nSPS) is 12.4. The van der Waals surface area contributed by atoms with E-state index in [0.717, 1.165) is 29.2 Å². The van der Waals surface area contributed by atoms with E-state index in [1.807, 2.05) is 25.3 Å². The van der Waals surface area contributed by atoms with Crippen molar-refractivity contribution in [3.8, 4) is 5.75 Å². The van der Waals surface area contributed by atoms with E-state index in [1.54, 1.807) is 17.4 Å². The third-order valence-corrected chi connectivity index (χ3v) is 4.29. The standard InChI is InChI=1S/C16H21FN2OS/c1-4-16-19-13(10-21-16)9-20-15-7-6-12(8-14(15)17)11(3)18-5-2/h6-8,10-11,18H,4-5,9H2,1-3H3. The van der Waals surface area contributed by atoms with Crippen molar-refractivity contribution in [3.05, 3.63) is 45.7 Å². The van der Waals surface area contributed by atoms with Gasteiger partial charge in [-0.25, -0.2) is 9.37 Å². The van der Waals surface area contributed by atoms with E-state index in [9.17, 15) is 4.39 Å². The Bertz CT molecular complexity index is 585. The summed E-state index contributed by atoms with van der Waals surface area (Å²) >= 11 is 1.61. The molecule has 1 heterocycles. The van der Waals surface area contributed by atoms with Crippen molar-refractivity contribution in [1.82, 2.24) is 10.3 Å². The SMILES string of the molecule is CCNC(C)c1ccc(OCc2csc(CC)n2)c(F)c1. The number of nitrogens with one attached hydrogen (secondary N) is 1. The first-order valence-electron chi connectivity index (χ1n) is 7.23. The van der Waals surface area contributed by atoms with Gasteiger partial charge in [0, 0.05) is 11.4 Å². The number of hydrogen-bond acceptors (Lipinski definition) is 4. The van der Waals surface area contributed by atoms with Gasteiger partial charge in [-0.05, 0) is 37.6 Å². The monoisotopic (exact) mass is 308 g/mol. The predicted octanol–water partition coefficient (Wildman–Crippen LogP) is 4.09. The maximum Gasteiger partial charge on any atom is 0.165 e. The summed E-state index contributed by atoms with van der Waals surface area (Å²) in [4.78, 5) is 4.40. The van der Waals surface area contributed by atoms with Crippen LogP contribution in [0.15, 0.2) is 23.6 Å². The molecule has 0 saturated heterocycles. The fourth-order valence-electron chi connectivity index (χ4n) is 2.06. The number of hydrogen-bond donors (Lipinski definition) is 1. The predicted molar refractivity (Wildman–Crippen MR) is 84.3 cm³/mol. The highest BCUT2D eigenvalue weighted by molar-refractivity contribution is 7.09. The van der Waals surface area contributed by atoms with Gasteiger partial charge in [-0.15, -0.1) is 11.3 Å². The van der Waals surface area contributed by atoms with E-state index in [2.05, 4.69) is 17.2 Å². The molecule has 1 aromatic carbocycles. The van der Waals surface area contributed by atoms with E-state index < -0.39 is 0 Å². The Kier molecular flexibility index (Phi) is 5.70. The van der Waals surface area contributed by atoms with Crippen LogP contribution < -0.4 is 10.1 Å². The lowest BCUT2D eigenvalue weighted by molar-refractivity contribution is 0.286. The molecule has 114 valence electrons. The van der Waals surface area contributed by atoms with E-state index >= 15 is 0 Å². The van der Waals surface area contributed by atoms with Gasteiger partial charge in [-0.1, -0.05) is 19.9 Å². The Labute approximate surface area is 129 Å². The second-order valence-electron chi connectivity index (χ2n) is 4.84. The van der Waals surface area contributed by atoms with Crippen molar-refractivity contribution in [3.63, 3.8) is 0 Å². The van der Waals surface area contributed by atoms with Crippen molar-refractivity contribution < 1.29 is 9.13 Å². The van der Waals surface area contributed by atoms with Gasteiger partial charge in [0.2, 0.25) is 0 Å². The molecule has 0 aliphatic rings. The summed E-state index contributed by atoms with van der Waals surface area (Å²) in [5.41, 5.74) is 1.77. The fourth-order valence-corrected chi connectivity index (χ4v) is 2.79. The van der Waals surface area contributed by atoms with Gasteiger partial charge >= 0.3 is 0 Å². The zero-order valence-corrected chi connectivity index (χ0v) is 13.5. The quantitative estimate of drug-likeness (QED) is 0.836. The number of ether oxygens (including phenoxy) is 1. The lowest BCUT2D eigenvalue weighted by atomic mass is 10.1. The molecule has 1 unspecified atom stereocenters. The Morgan fingerprint density at radius 3 is 2.81 bits per heavy atom. The molecule has 0 amide bonds. The second-order valence-corrected chi connectivity index (χ2v) is 5.79. The summed E-state index contributed by atoms with van der Waals surface area (Å²) < 4.78 is 19.6. The smallest absolute Gasteiger partial charge is 0.165 e. The van der Waals surface area contributed by atoms with Gasteiger partial charge in [0.1, 0.15) is 6.61 Å². The summed E-state index contributed by atoms with van der Waals surface area (Å²) in [6.45, 7) is 7.26. The maximum absolute atomic E-state index is 14.1. The van der Waals surface area contributed by atoms with Gasteiger partial charge in [-0.2, -0.15) is 0 Å². The van der Waals surface area contributed by atoms with Crippen LogP contribution in [0.3, 0.4) is 0 Å². The largest absolute Gasteiger partial charge is 0.484 e. The number of aryl methyl sites for hydroxylation is 1. The fraction of sp³-hybridized carbons (Fsp3) is 0.438. The number of halogens is 1. The second kappa shape index (κ2) is 7.52. The van der Waals surface area contributed by atoms with Crippen molar-refractivity contribution >= 4 is 11.3 Å². The highest BCUT2D eigenvalue weighted by Crippen LogP contribution is 2.23. The minimum Gasteiger partial charge on any atom is -0.484 e. The van der Waals surface area contributed by atoms with Crippen LogP contribution in [0.1, 0.15) is 43.1 Å². The van der Waals surface area contributed by atoms with Gasteiger partial charge in [0.15, 0.2) is 11.6 Å². The number of benzene rings is 1. The highest BCUT2D eigenvalue weighted by atomic mass is 32.1. The molecule has 0 fully saturated rings. The Morgan fingerprint density at radius 2 is 2.19 bits per heavy atom. The molecular weight excluding hydrogens is 287 g/mol. The van der Waals surface area contributed by atoms with Crippen LogP contribution in [0.4, 0.5) is 4.39 Å². The zero-order valence-electron chi connectivity index (χ0n) is 12.6. The van der Waals surface area contributed by atoms with Crippen LogP contribution in [0, 0.1) is 5.82 Å². The van der Waals surface area contributed by atoms with E-state index in [1.165, 1.54) is 6.07 Å². The summed E-state index contributed by atoms with van der Waals surface area (Å²) in [6, 6.07) is 5.24. The minimum atomic E-state index is -0.330. The molecule has 1 N–H and O–H groups in total. The molecule has 0 aliphatic heterocycles. The van der Waals surface area contributed by atoms with Crippen LogP contribution in [0.25, 0.3) is 0 Å². The third-order valence-electron chi connectivity index (χ3n) is 3.24. The van der Waals surface area contributed by atoms with Crippen molar-refractivity contribution in [1.29, 1.82) is 0 Å². The molecular formula is C16H21FN2OS. The molecule has 2 aromatic rings. The van der Waals surface area contributed by atoms with Crippen molar-refractivity contribution in [2.75, 3.05) is 6.54 Å². The van der Waals surface area contributed by atoms with Crippen LogP contribution in [-0.4, -0.2) is 11.5 Å². The lowest BCUT2D eigenvalue weighted by Gasteiger charge is -2.14. The first-order valence-corrected chi connectivity index (χ1v) is 8.10. The minimum absolute atomic E-state index is 0.129. The van der Waals surface area contributed by atoms with Gasteiger partial charge in [0.25, 0.3) is 0 Å². The molecule has 5 heteroatoms. The van der Waals surface area contributed by atoms with Gasteiger partial charge in [-0.3, -0.25) is 0 Å². The maximum atomic E-state index is 14.1. The molecule has 2 rings (SSSR count). The number of nitrogens with zero attached hydrogens (tertiary/aromatic N) is 1. The molecule has 0 saturated carbocycles. The molecule has 1 atom stereocenters. The van der Waals surface area contributed by atoms with Crippen molar-refractivity contribution in [2.45, 2.75) is 39.8 Å². The van der Waals surface area contributed by atoms with Crippen molar-refractivity contribution in [2.24, 2.45) is 0 Å². The number of thiazole rings is 1.